The molecule has 0 unspecified atom stereocenters. The lowest BCUT2D eigenvalue weighted by atomic mass is 10.1. The largest absolute Gasteiger partial charge is 0.494 e. The predicted molar refractivity (Wildman–Crippen MR) is 112 cm³/mol. The summed E-state index contributed by atoms with van der Waals surface area (Å²) in [7, 11) is 0. The molecule has 6 heteroatoms. The molecule has 2 aromatic carbocycles. The Kier molecular flexibility index (Phi) is 5.51. The summed E-state index contributed by atoms with van der Waals surface area (Å²) >= 11 is 0. The SMILES string of the molecule is CCOc1ccc(OC2CN(c3ccc(C(C)=NC4=CC(=O)OC4)cc3)C2)cc1. The Bertz CT molecular complexity index is 926. The number of esters is 1. The van der Waals surface area contributed by atoms with Gasteiger partial charge in [0.05, 0.1) is 25.4 Å². The average molecular weight is 392 g/mol. The van der Waals surface area contributed by atoms with Crippen molar-refractivity contribution in [2.45, 2.75) is 20.0 Å². The third-order valence-electron chi connectivity index (χ3n) is 4.89. The molecule has 1 fully saturated rings. The molecule has 1 saturated heterocycles. The van der Waals surface area contributed by atoms with E-state index in [9.17, 15) is 4.79 Å². The van der Waals surface area contributed by atoms with E-state index in [1.807, 2.05) is 50.2 Å². The molecule has 4 rings (SSSR count). The number of rotatable bonds is 7. The zero-order valence-electron chi connectivity index (χ0n) is 16.6. The number of anilines is 1. The zero-order chi connectivity index (χ0) is 20.2. The van der Waals surface area contributed by atoms with E-state index in [0.717, 1.165) is 41.6 Å². The summed E-state index contributed by atoms with van der Waals surface area (Å²) in [5.74, 6) is 1.40. The van der Waals surface area contributed by atoms with Crippen molar-refractivity contribution in [1.82, 2.24) is 0 Å². The molecule has 0 radical (unpaired) electrons. The highest BCUT2D eigenvalue weighted by Gasteiger charge is 2.28. The quantitative estimate of drug-likeness (QED) is 0.532. The molecular formula is C23H24N2O4. The molecule has 0 saturated carbocycles. The van der Waals surface area contributed by atoms with Crippen molar-refractivity contribution >= 4 is 17.4 Å². The van der Waals surface area contributed by atoms with E-state index in [-0.39, 0.29) is 18.7 Å². The highest BCUT2D eigenvalue weighted by molar-refractivity contribution is 6.00. The molecule has 0 aliphatic carbocycles. The molecule has 0 amide bonds. The van der Waals surface area contributed by atoms with Crippen molar-refractivity contribution < 1.29 is 19.0 Å². The number of ether oxygens (including phenoxy) is 3. The van der Waals surface area contributed by atoms with Gasteiger partial charge in [-0.3, -0.25) is 4.99 Å². The van der Waals surface area contributed by atoms with Crippen molar-refractivity contribution in [2.24, 2.45) is 4.99 Å². The first-order valence-electron chi connectivity index (χ1n) is 9.78. The lowest BCUT2D eigenvalue weighted by Crippen LogP contribution is -2.54. The minimum absolute atomic E-state index is 0.183. The smallest absolute Gasteiger partial charge is 0.333 e. The van der Waals surface area contributed by atoms with Crippen LogP contribution in [-0.2, 0) is 9.53 Å². The number of carbonyl (C=O) groups excluding carboxylic acids is 1. The molecule has 29 heavy (non-hydrogen) atoms. The van der Waals surface area contributed by atoms with Crippen LogP contribution in [0, 0.1) is 0 Å². The Morgan fingerprint density at radius 3 is 2.41 bits per heavy atom. The number of benzene rings is 2. The first-order chi connectivity index (χ1) is 14.1. The van der Waals surface area contributed by atoms with E-state index < -0.39 is 0 Å². The normalized spacial score (nSPS) is 16.9. The number of nitrogens with zero attached hydrogens (tertiary/aromatic N) is 2. The van der Waals surface area contributed by atoms with E-state index >= 15 is 0 Å². The second-order valence-electron chi connectivity index (χ2n) is 7.04. The monoisotopic (exact) mass is 392 g/mol. The van der Waals surface area contributed by atoms with Gasteiger partial charge in [-0.15, -0.1) is 0 Å². The highest BCUT2D eigenvalue weighted by atomic mass is 16.5. The van der Waals surface area contributed by atoms with Crippen LogP contribution >= 0.6 is 0 Å². The number of carbonyl (C=O) groups is 1. The van der Waals surface area contributed by atoms with Crippen LogP contribution in [0.2, 0.25) is 0 Å². The van der Waals surface area contributed by atoms with E-state index in [2.05, 4.69) is 22.0 Å². The van der Waals surface area contributed by atoms with Gasteiger partial charge in [0.25, 0.3) is 0 Å². The van der Waals surface area contributed by atoms with Gasteiger partial charge < -0.3 is 19.1 Å². The maximum Gasteiger partial charge on any atom is 0.333 e. The molecule has 0 atom stereocenters. The summed E-state index contributed by atoms with van der Waals surface area (Å²) in [5, 5.41) is 0. The maximum atomic E-state index is 11.1. The summed E-state index contributed by atoms with van der Waals surface area (Å²) < 4.78 is 16.4. The second kappa shape index (κ2) is 8.39. The summed E-state index contributed by atoms with van der Waals surface area (Å²) in [6.07, 6.45) is 1.62. The zero-order valence-corrected chi connectivity index (χ0v) is 16.6. The highest BCUT2D eigenvalue weighted by Crippen LogP contribution is 2.26. The molecule has 6 nitrogen and oxygen atoms in total. The molecule has 150 valence electrons. The Morgan fingerprint density at radius 1 is 1.10 bits per heavy atom. The van der Waals surface area contributed by atoms with Crippen LogP contribution in [0.15, 0.2) is 65.3 Å². The van der Waals surface area contributed by atoms with Crippen LogP contribution in [0.5, 0.6) is 11.5 Å². The molecule has 0 bridgehead atoms. The van der Waals surface area contributed by atoms with Gasteiger partial charge in [0, 0.05) is 17.5 Å². The fraction of sp³-hybridized carbons (Fsp3) is 0.304. The molecule has 2 aliphatic heterocycles. The van der Waals surface area contributed by atoms with Gasteiger partial charge in [0.1, 0.15) is 24.2 Å². The minimum atomic E-state index is -0.327. The molecule has 2 aromatic rings. The van der Waals surface area contributed by atoms with Crippen LogP contribution < -0.4 is 14.4 Å². The first kappa shape index (κ1) is 19.1. The van der Waals surface area contributed by atoms with Crippen LogP contribution in [0.1, 0.15) is 19.4 Å². The Labute approximate surface area is 170 Å². The number of hydrogen-bond donors (Lipinski definition) is 0. The van der Waals surface area contributed by atoms with Gasteiger partial charge in [-0.1, -0.05) is 12.1 Å². The van der Waals surface area contributed by atoms with Crippen LogP contribution in [0.3, 0.4) is 0 Å². The third kappa shape index (κ3) is 4.59. The number of aliphatic imine (C=N–C) groups is 1. The van der Waals surface area contributed by atoms with Gasteiger partial charge in [0.15, 0.2) is 0 Å². The maximum absolute atomic E-state index is 11.1. The van der Waals surface area contributed by atoms with Crippen LogP contribution in [0.4, 0.5) is 5.69 Å². The van der Waals surface area contributed by atoms with E-state index in [4.69, 9.17) is 14.2 Å². The van der Waals surface area contributed by atoms with Crippen molar-refractivity contribution in [1.29, 1.82) is 0 Å². The Balaban J connectivity index is 1.30. The van der Waals surface area contributed by atoms with Crippen molar-refractivity contribution in [3.8, 4) is 11.5 Å². The van der Waals surface area contributed by atoms with Crippen LogP contribution in [-0.4, -0.2) is 44.1 Å². The minimum Gasteiger partial charge on any atom is -0.494 e. The van der Waals surface area contributed by atoms with Gasteiger partial charge in [0.2, 0.25) is 0 Å². The molecular weight excluding hydrogens is 368 g/mol. The Morgan fingerprint density at radius 2 is 1.79 bits per heavy atom. The van der Waals surface area contributed by atoms with Gasteiger partial charge in [-0.25, -0.2) is 4.79 Å². The molecule has 0 spiro atoms. The van der Waals surface area contributed by atoms with Crippen molar-refractivity contribution in [3.63, 3.8) is 0 Å². The summed E-state index contributed by atoms with van der Waals surface area (Å²) in [6, 6.07) is 16.0. The number of hydrogen-bond acceptors (Lipinski definition) is 6. The van der Waals surface area contributed by atoms with E-state index in [1.165, 1.54) is 6.08 Å². The van der Waals surface area contributed by atoms with E-state index in [0.29, 0.717) is 12.3 Å². The summed E-state index contributed by atoms with van der Waals surface area (Å²) in [4.78, 5) is 17.9. The van der Waals surface area contributed by atoms with Crippen molar-refractivity contribution in [2.75, 3.05) is 31.2 Å². The molecule has 0 N–H and O–H groups in total. The lowest BCUT2D eigenvalue weighted by Gasteiger charge is -2.40. The fourth-order valence-corrected chi connectivity index (χ4v) is 3.32. The molecule has 0 aromatic heterocycles. The van der Waals surface area contributed by atoms with Crippen LogP contribution in [0.25, 0.3) is 0 Å². The number of cyclic esters (lactones) is 1. The van der Waals surface area contributed by atoms with Gasteiger partial charge in [-0.05, 0) is 55.8 Å². The average Bonchev–Trinajstić information content (AvgIpc) is 3.10. The standard InChI is InChI=1S/C23H24N2O4/c1-3-27-20-8-10-21(11-9-20)29-22-13-25(14-22)19-6-4-17(5-7-19)16(2)24-18-12-23(26)28-15-18/h4-12,22H,3,13-15H2,1-2H3. The molecule has 2 aliphatic rings. The lowest BCUT2D eigenvalue weighted by molar-refractivity contribution is -0.134. The van der Waals surface area contributed by atoms with Gasteiger partial charge in [-0.2, -0.15) is 0 Å². The predicted octanol–water partition coefficient (Wildman–Crippen LogP) is 3.60. The van der Waals surface area contributed by atoms with Crippen molar-refractivity contribution in [3.05, 3.63) is 65.9 Å². The molecule has 2 heterocycles. The second-order valence-corrected chi connectivity index (χ2v) is 7.04. The van der Waals surface area contributed by atoms with Gasteiger partial charge >= 0.3 is 5.97 Å². The summed E-state index contributed by atoms with van der Waals surface area (Å²) in [5.41, 5.74) is 3.71. The van der Waals surface area contributed by atoms with E-state index in [1.54, 1.807) is 0 Å². The topological polar surface area (TPSA) is 60.4 Å². The first-order valence-corrected chi connectivity index (χ1v) is 9.78. The Hall–Kier alpha value is -3.28. The fourth-order valence-electron chi connectivity index (χ4n) is 3.32. The third-order valence-corrected chi connectivity index (χ3v) is 4.89. The summed E-state index contributed by atoms with van der Waals surface area (Å²) in [6.45, 7) is 6.52.